The van der Waals surface area contributed by atoms with Crippen LogP contribution in [0.15, 0.2) is 10.2 Å². The molecule has 0 aliphatic carbocycles. The number of carboxylic acid groups (broad SMARTS) is 2. The summed E-state index contributed by atoms with van der Waals surface area (Å²) in [4.78, 5) is 42.8. The molecule has 0 radical (unpaired) electrons. The van der Waals surface area contributed by atoms with Gasteiger partial charge in [0.05, 0.1) is 13.1 Å². The van der Waals surface area contributed by atoms with Crippen molar-refractivity contribution in [2.24, 2.45) is 10.2 Å². The number of nitro groups is 2. The second-order valence-corrected chi connectivity index (χ2v) is 4.07. The minimum absolute atomic E-state index is 0.115. The molecule has 2 heterocycles. The molecule has 0 bridgehead atoms. The molecule has 0 fully saturated rings. The Morgan fingerprint density at radius 1 is 0.846 bits per heavy atom. The molecule has 0 spiro atoms. The number of tetrazole rings is 2. The summed E-state index contributed by atoms with van der Waals surface area (Å²) in [5.74, 6) is 0. The predicted octanol–water partition coefficient (Wildman–Crippen LogP) is -3.59. The molecule has 26 heavy (non-hydrogen) atoms. The van der Waals surface area contributed by atoms with Gasteiger partial charge in [0, 0.05) is 0 Å². The molecular weight excluding hydrogens is 368 g/mol. The van der Waals surface area contributed by atoms with E-state index >= 15 is 0 Å². The highest BCUT2D eigenvalue weighted by Crippen LogP contribution is 1.84. The van der Waals surface area contributed by atoms with E-state index in [0.29, 0.717) is 9.36 Å². The Balaban J connectivity index is 2.42. The third-order valence-corrected chi connectivity index (χ3v) is 2.54. The Kier molecular flexibility index (Phi) is 4.75. The molecule has 0 aromatic carbocycles. The van der Waals surface area contributed by atoms with Crippen LogP contribution in [-0.4, -0.2) is 72.0 Å². The van der Waals surface area contributed by atoms with E-state index < -0.39 is 33.5 Å². The molecule has 0 saturated heterocycles. The standard InChI is InChI=1S/C6H6N12O8/c19-5(20)15-3(7-17(23)24)13(9-11-15)1-2-14-4(8-18(25)26)16(6(21)22)12-10-14/h1-2H2,(H,19,20)(H,21,22)/b7-3+,8-4+. The van der Waals surface area contributed by atoms with Crippen LogP contribution < -0.4 is 11.2 Å². The van der Waals surface area contributed by atoms with Crippen molar-refractivity contribution in [3.8, 4) is 0 Å². The second-order valence-electron chi connectivity index (χ2n) is 4.07. The topological polar surface area (TPSA) is 257 Å². The lowest BCUT2D eigenvalue weighted by Crippen LogP contribution is -2.35. The minimum Gasteiger partial charge on any atom is -0.463 e. The fraction of sp³-hybridized carbons (Fsp3) is 0.333. The van der Waals surface area contributed by atoms with Gasteiger partial charge in [0.2, 0.25) is 0 Å². The van der Waals surface area contributed by atoms with E-state index in [2.05, 4.69) is 31.1 Å². The lowest BCUT2D eigenvalue weighted by atomic mass is 10.6. The molecular formula is C6H6N12O8. The summed E-state index contributed by atoms with van der Waals surface area (Å²) >= 11 is 0. The Hall–Kier alpha value is -4.52. The van der Waals surface area contributed by atoms with Crippen molar-refractivity contribution in [1.29, 1.82) is 0 Å². The average molecular weight is 374 g/mol. The van der Waals surface area contributed by atoms with E-state index in [1.54, 1.807) is 0 Å². The molecule has 2 rings (SSSR count). The molecule has 0 amide bonds. The first-order valence-electron chi connectivity index (χ1n) is 6.11. The van der Waals surface area contributed by atoms with Gasteiger partial charge in [-0.2, -0.15) is 0 Å². The smallest absolute Gasteiger partial charge is 0.437 e. The molecule has 0 atom stereocenters. The monoisotopic (exact) mass is 374 g/mol. The summed E-state index contributed by atoms with van der Waals surface area (Å²) in [5.41, 5.74) is -1.55. The number of aryl methyl sites for hydroxylation is 2. The lowest BCUT2D eigenvalue weighted by Gasteiger charge is -1.98. The molecule has 0 unspecified atom stereocenters. The van der Waals surface area contributed by atoms with Crippen molar-refractivity contribution in [2.75, 3.05) is 0 Å². The van der Waals surface area contributed by atoms with Crippen molar-refractivity contribution >= 4 is 12.2 Å². The van der Waals surface area contributed by atoms with Crippen molar-refractivity contribution in [3.05, 3.63) is 31.5 Å². The third kappa shape index (κ3) is 3.69. The Bertz CT molecular complexity index is 937. The van der Waals surface area contributed by atoms with E-state index in [1.165, 1.54) is 0 Å². The number of nitrogens with zero attached hydrogens (tertiary/aromatic N) is 12. The van der Waals surface area contributed by atoms with Crippen LogP contribution in [0.5, 0.6) is 0 Å². The zero-order valence-electron chi connectivity index (χ0n) is 12.1. The van der Waals surface area contributed by atoms with E-state index in [1.807, 2.05) is 0 Å². The minimum atomic E-state index is -1.70. The Labute approximate surface area is 137 Å². The van der Waals surface area contributed by atoms with E-state index in [4.69, 9.17) is 10.2 Å². The molecule has 20 nitrogen and oxygen atoms in total. The molecule has 138 valence electrons. The molecule has 2 aromatic heterocycles. The van der Waals surface area contributed by atoms with E-state index in [-0.39, 0.29) is 22.5 Å². The van der Waals surface area contributed by atoms with Crippen molar-refractivity contribution in [2.45, 2.75) is 13.1 Å². The first-order chi connectivity index (χ1) is 12.2. The highest BCUT2D eigenvalue weighted by atomic mass is 16.7. The van der Waals surface area contributed by atoms with Gasteiger partial charge in [-0.15, -0.1) is 9.36 Å². The zero-order valence-corrected chi connectivity index (χ0v) is 12.1. The van der Waals surface area contributed by atoms with Crippen molar-refractivity contribution in [3.63, 3.8) is 0 Å². The molecule has 2 N–H and O–H groups in total. The normalized spacial score (nSPS) is 12.3. The highest BCUT2D eigenvalue weighted by molar-refractivity contribution is 5.66. The second kappa shape index (κ2) is 6.93. The SMILES string of the molecule is O=C(O)n1nnn(CCn2nnn(C(=O)O)/c2=N/[N+](=O)[O-])/c1=N\[N+](=O)[O-]. The number of aromatic nitrogens is 8. The highest BCUT2D eigenvalue weighted by Gasteiger charge is 2.17. The number of hydrogen-bond donors (Lipinski definition) is 2. The lowest BCUT2D eigenvalue weighted by molar-refractivity contribution is -0.491. The molecule has 0 aliphatic heterocycles. The maximum Gasteiger partial charge on any atom is 0.437 e. The fourth-order valence-electron chi connectivity index (χ4n) is 1.62. The van der Waals surface area contributed by atoms with Gasteiger partial charge in [0.15, 0.2) is 10.1 Å². The van der Waals surface area contributed by atoms with Crippen LogP contribution in [0.1, 0.15) is 0 Å². The van der Waals surface area contributed by atoms with Crippen LogP contribution in [0.3, 0.4) is 0 Å². The molecule has 20 heteroatoms. The van der Waals surface area contributed by atoms with Crippen LogP contribution >= 0.6 is 0 Å². The zero-order chi connectivity index (χ0) is 19.4. The Morgan fingerprint density at radius 3 is 1.46 bits per heavy atom. The van der Waals surface area contributed by atoms with Crippen LogP contribution in [-0.2, 0) is 13.1 Å². The van der Waals surface area contributed by atoms with Crippen LogP contribution in [0.2, 0.25) is 0 Å². The largest absolute Gasteiger partial charge is 0.463 e. The molecule has 2 aromatic rings. The summed E-state index contributed by atoms with van der Waals surface area (Å²) in [7, 11) is 0. The van der Waals surface area contributed by atoms with Crippen LogP contribution in [0, 0.1) is 20.2 Å². The summed E-state index contributed by atoms with van der Waals surface area (Å²) < 4.78 is 1.59. The first-order valence-corrected chi connectivity index (χ1v) is 6.11. The predicted molar refractivity (Wildman–Crippen MR) is 68.0 cm³/mol. The maximum atomic E-state index is 10.9. The molecule has 0 saturated carbocycles. The summed E-state index contributed by atoms with van der Waals surface area (Å²) in [5, 5.41) is 55.0. The van der Waals surface area contributed by atoms with Crippen molar-refractivity contribution < 1.29 is 29.9 Å². The van der Waals surface area contributed by atoms with Gasteiger partial charge in [0.25, 0.3) is 0 Å². The van der Waals surface area contributed by atoms with Crippen LogP contribution in [0.25, 0.3) is 0 Å². The third-order valence-electron chi connectivity index (χ3n) is 2.54. The average Bonchev–Trinajstić information content (AvgIpc) is 3.08. The molecule has 0 aliphatic rings. The van der Waals surface area contributed by atoms with Gasteiger partial charge >= 0.3 is 23.4 Å². The van der Waals surface area contributed by atoms with Gasteiger partial charge in [-0.05, 0) is 20.9 Å². The number of rotatable bonds is 5. The Morgan fingerprint density at radius 2 is 1.19 bits per heavy atom. The quantitative estimate of drug-likeness (QED) is 0.292. The summed E-state index contributed by atoms with van der Waals surface area (Å²) in [6.45, 7) is -0.771. The first kappa shape index (κ1) is 17.8. The maximum absolute atomic E-state index is 10.9. The van der Waals surface area contributed by atoms with Crippen molar-refractivity contribution in [1.82, 2.24) is 39.6 Å². The van der Waals surface area contributed by atoms with Gasteiger partial charge < -0.3 is 10.2 Å². The number of hydrogen-bond acceptors (Lipinski definition) is 10. The van der Waals surface area contributed by atoms with Gasteiger partial charge in [0.1, 0.15) is 10.2 Å². The van der Waals surface area contributed by atoms with Gasteiger partial charge in [-0.25, -0.2) is 39.2 Å². The van der Waals surface area contributed by atoms with Gasteiger partial charge in [-0.1, -0.05) is 0 Å². The van der Waals surface area contributed by atoms with Crippen LogP contribution in [0.4, 0.5) is 9.59 Å². The summed E-state index contributed by atoms with van der Waals surface area (Å²) in [6, 6.07) is 0. The summed E-state index contributed by atoms with van der Waals surface area (Å²) in [6.07, 6.45) is -3.41. The fourth-order valence-corrected chi connectivity index (χ4v) is 1.62. The number of carbonyl (C=O) groups is 2. The van der Waals surface area contributed by atoms with E-state index in [0.717, 1.165) is 0 Å². The van der Waals surface area contributed by atoms with Gasteiger partial charge in [-0.3, -0.25) is 0 Å². The van der Waals surface area contributed by atoms with E-state index in [9.17, 15) is 29.8 Å².